The topological polar surface area (TPSA) is 71.2 Å². The molecule has 17 heavy (non-hydrogen) atoms. The van der Waals surface area contributed by atoms with Gasteiger partial charge in [-0.25, -0.2) is 10.8 Å². The predicted octanol–water partition coefficient (Wildman–Crippen LogP) is 0.939. The molecule has 1 aromatic heterocycles. The number of thiazole rings is 1. The van der Waals surface area contributed by atoms with Gasteiger partial charge in [0, 0.05) is 13.0 Å². The average molecular weight is 256 g/mol. The Hall–Kier alpha value is -0.980. The predicted molar refractivity (Wildman–Crippen MR) is 70.0 cm³/mol. The molecule has 6 heteroatoms. The Morgan fingerprint density at radius 2 is 2.12 bits per heavy atom. The number of hydrogen-bond donors (Lipinski definition) is 2. The van der Waals surface area contributed by atoms with Crippen LogP contribution in [0.3, 0.4) is 0 Å². The van der Waals surface area contributed by atoms with E-state index in [4.69, 9.17) is 5.84 Å². The van der Waals surface area contributed by atoms with Crippen LogP contribution in [0.15, 0.2) is 0 Å². The van der Waals surface area contributed by atoms with Crippen molar-refractivity contribution in [1.82, 2.24) is 15.3 Å². The number of amides is 1. The molecule has 0 bridgehead atoms. The number of carbonyl (C=O) groups excluding carboxylic acids is 1. The molecule has 0 aliphatic heterocycles. The molecule has 0 aliphatic carbocycles. The first kappa shape index (κ1) is 14.1. The molecule has 0 aromatic carbocycles. The molecule has 96 valence electrons. The van der Waals surface area contributed by atoms with E-state index in [-0.39, 0.29) is 5.91 Å². The second kappa shape index (κ2) is 6.68. The van der Waals surface area contributed by atoms with Gasteiger partial charge in [-0.2, -0.15) is 0 Å². The van der Waals surface area contributed by atoms with Crippen molar-refractivity contribution in [2.75, 3.05) is 19.6 Å². The van der Waals surface area contributed by atoms with Crippen LogP contribution in [0.25, 0.3) is 0 Å². The summed E-state index contributed by atoms with van der Waals surface area (Å²) in [6.07, 6.45) is 0.880. The van der Waals surface area contributed by atoms with Gasteiger partial charge in [-0.05, 0) is 20.0 Å². The van der Waals surface area contributed by atoms with Crippen LogP contribution in [0.4, 0.5) is 0 Å². The molecule has 1 aromatic rings. The molecule has 0 radical (unpaired) electrons. The molecule has 0 atom stereocenters. The third-order valence-electron chi connectivity index (χ3n) is 2.71. The number of hydrogen-bond acceptors (Lipinski definition) is 5. The standard InChI is InChI=1S/C11H20N4OS/c1-4-15(5-2)7-6-9-13-8(3)10(17-9)11(16)14-12/h4-7,12H2,1-3H3,(H,14,16). The second-order valence-electron chi connectivity index (χ2n) is 3.77. The lowest BCUT2D eigenvalue weighted by atomic mass is 10.3. The normalized spacial score (nSPS) is 10.9. The van der Waals surface area contributed by atoms with E-state index in [9.17, 15) is 4.79 Å². The highest BCUT2D eigenvalue weighted by Crippen LogP contribution is 2.18. The fourth-order valence-electron chi connectivity index (χ4n) is 1.63. The number of rotatable bonds is 6. The lowest BCUT2D eigenvalue weighted by molar-refractivity contribution is 0.0957. The molecule has 0 aliphatic rings. The molecule has 0 saturated carbocycles. The highest BCUT2D eigenvalue weighted by molar-refractivity contribution is 7.13. The summed E-state index contributed by atoms with van der Waals surface area (Å²) in [6, 6.07) is 0. The summed E-state index contributed by atoms with van der Waals surface area (Å²) in [7, 11) is 0. The Balaban J connectivity index is 2.64. The largest absolute Gasteiger partial charge is 0.303 e. The van der Waals surface area contributed by atoms with E-state index in [1.165, 1.54) is 11.3 Å². The lowest BCUT2D eigenvalue weighted by Gasteiger charge is -2.16. The van der Waals surface area contributed by atoms with E-state index in [1.54, 1.807) is 0 Å². The van der Waals surface area contributed by atoms with Crippen molar-refractivity contribution in [3.05, 3.63) is 15.6 Å². The Morgan fingerprint density at radius 1 is 1.47 bits per heavy atom. The maximum atomic E-state index is 11.4. The zero-order valence-electron chi connectivity index (χ0n) is 10.6. The fraction of sp³-hybridized carbons (Fsp3) is 0.636. The Bertz CT molecular complexity index is 374. The molecular weight excluding hydrogens is 236 g/mol. The molecular formula is C11H20N4OS. The van der Waals surface area contributed by atoms with Gasteiger partial charge in [0.1, 0.15) is 4.88 Å². The summed E-state index contributed by atoms with van der Waals surface area (Å²) in [5.41, 5.74) is 2.90. The quantitative estimate of drug-likeness (QED) is 0.451. The van der Waals surface area contributed by atoms with Crippen LogP contribution >= 0.6 is 11.3 Å². The van der Waals surface area contributed by atoms with Crippen molar-refractivity contribution in [2.24, 2.45) is 5.84 Å². The number of nitrogens with two attached hydrogens (primary N) is 1. The zero-order valence-corrected chi connectivity index (χ0v) is 11.4. The summed E-state index contributed by atoms with van der Waals surface area (Å²) in [6.45, 7) is 9.17. The third-order valence-corrected chi connectivity index (χ3v) is 3.93. The summed E-state index contributed by atoms with van der Waals surface area (Å²) in [5, 5.41) is 0.994. The van der Waals surface area contributed by atoms with Crippen molar-refractivity contribution in [1.29, 1.82) is 0 Å². The minimum Gasteiger partial charge on any atom is -0.303 e. The van der Waals surface area contributed by atoms with Crippen molar-refractivity contribution in [3.63, 3.8) is 0 Å². The summed E-state index contributed by atoms with van der Waals surface area (Å²) < 4.78 is 0. The Morgan fingerprint density at radius 3 is 2.65 bits per heavy atom. The monoisotopic (exact) mass is 256 g/mol. The highest BCUT2D eigenvalue weighted by atomic mass is 32.1. The van der Waals surface area contributed by atoms with Gasteiger partial charge in [0.05, 0.1) is 10.7 Å². The van der Waals surface area contributed by atoms with Crippen molar-refractivity contribution >= 4 is 17.2 Å². The minimum atomic E-state index is -0.255. The molecule has 1 rings (SSSR count). The van der Waals surface area contributed by atoms with Gasteiger partial charge in [0.15, 0.2) is 0 Å². The van der Waals surface area contributed by atoms with Gasteiger partial charge >= 0.3 is 0 Å². The van der Waals surface area contributed by atoms with E-state index >= 15 is 0 Å². The number of nitrogens with one attached hydrogen (secondary N) is 1. The first-order chi connectivity index (χ1) is 8.12. The number of nitrogen functional groups attached to an aromatic ring is 1. The molecule has 5 nitrogen and oxygen atoms in total. The van der Waals surface area contributed by atoms with Crippen LogP contribution in [0.5, 0.6) is 0 Å². The van der Waals surface area contributed by atoms with E-state index in [0.717, 1.165) is 36.8 Å². The molecule has 0 fully saturated rings. The maximum Gasteiger partial charge on any atom is 0.277 e. The van der Waals surface area contributed by atoms with Gasteiger partial charge < -0.3 is 4.90 Å². The molecule has 1 heterocycles. The van der Waals surface area contributed by atoms with Crippen LogP contribution in [0.1, 0.15) is 34.2 Å². The van der Waals surface area contributed by atoms with E-state index in [0.29, 0.717) is 4.88 Å². The van der Waals surface area contributed by atoms with Crippen LogP contribution in [0, 0.1) is 6.92 Å². The average Bonchev–Trinajstić information content (AvgIpc) is 2.71. The maximum absolute atomic E-state index is 11.4. The summed E-state index contributed by atoms with van der Waals surface area (Å²) >= 11 is 1.43. The van der Waals surface area contributed by atoms with Crippen molar-refractivity contribution in [3.8, 4) is 0 Å². The molecule has 0 saturated heterocycles. The minimum absolute atomic E-state index is 0.255. The molecule has 1 amide bonds. The van der Waals surface area contributed by atoms with E-state index < -0.39 is 0 Å². The number of carbonyl (C=O) groups is 1. The van der Waals surface area contributed by atoms with Crippen molar-refractivity contribution in [2.45, 2.75) is 27.2 Å². The van der Waals surface area contributed by atoms with Gasteiger partial charge in [0.25, 0.3) is 5.91 Å². The van der Waals surface area contributed by atoms with Gasteiger partial charge in [-0.15, -0.1) is 11.3 Å². The summed E-state index contributed by atoms with van der Waals surface area (Å²) in [4.78, 5) is 18.8. The van der Waals surface area contributed by atoms with Gasteiger partial charge in [-0.3, -0.25) is 10.2 Å². The smallest absolute Gasteiger partial charge is 0.277 e. The molecule has 0 spiro atoms. The number of aryl methyl sites for hydroxylation is 1. The number of nitrogens with zero attached hydrogens (tertiary/aromatic N) is 2. The number of aromatic nitrogens is 1. The van der Waals surface area contributed by atoms with E-state index in [2.05, 4.69) is 29.2 Å². The lowest BCUT2D eigenvalue weighted by Crippen LogP contribution is -2.29. The second-order valence-corrected chi connectivity index (χ2v) is 4.86. The van der Waals surface area contributed by atoms with Crippen LogP contribution in [0.2, 0.25) is 0 Å². The molecule has 3 N–H and O–H groups in total. The first-order valence-electron chi connectivity index (χ1n) is 5.81. The number of likely N-dealkylation sites (N-methyl/N-ethyl adjacent to an activating group) is 1. The fourth-order valence-corrected chi connectivity index (χ4v) is 2.59. The van der Waals surface area contributed by atoms with Crippen LogP contribution < -0.4 is 11.3 Å². The third kappa shape index (κ3) is 3.76. The van der Waals surface area contributed by atoms with Crippen LogP contribution in [-0.4, -0.2) is 35.4 Å². The van der Waals surface area contributed by atoms with Crippen molar-refractivity contribution < 1.29 is 4.79 Å². The summed E-state index contributed by atoms with van der Waals surface area (Å²) in [5.74, 6) is 4.86. The first-order valence-corrected chi connectivity index (χ1v) is 6.63. The Kier molecular flexibility index (Phi) is 5.54. The SMILES string of the molecule is CCN(CC)CCc1nc(C)c(C(=O)NN)s1. The Labute approximate surface area is 106 Å². The zero-order chi connectivity index (χ0) is 12.8. The highest BCUT2D eigenvalue weighted by Gasteiger charge is 2.14. The van der Waals surface area contributed by atoms with Crippen LogP contribution in [-0.2, 0) is 6.42 Å². The van der Waals surface area contributed by atoms with Gasteiger partial charge in [0.2, 0.25) is 0 Å². The van der Waals surface area contributed by atoms with E-state index in [1.807, 2.05) is 6.92 Å². The molecule has 0 unspecified atom stereocenters. The number of hydrazine groups is 1. The van der Waals surface area contributed by atoms with Gasteiger partial charge in [-0.1, -0.05) is 13.8 Å².